The van der Waals surface area contributed by atoms with Gasteiger partial charge in [-0.2, -0.15) is 0 Å². The first-order valence-electron chi connectivity index (χ1n) is 6.77. The first-order valence-corrected chi connectivity index (χ1v) is 6.77. The van der Waals surface area contributed by atoms with Gasteiger partial charge in [-0.25, -0.2) is 4.79 Å². The van der Waals surface area contributed by atoms with Crippen molar-refractivity contribution in [2.45, 2.75) is 51.2 Å². The smallest absolute Gasteiger partial charge is 0.328 e. The molecule has 1 aromatic rings. The fourth-order valence-electron chi connectivity index (χ4n) is 2.87. The summed E-state index contributed by atoms with van der Waals surface area (Å²) in [7, 11) is 0. The van der Waals surface area contributed by atoms with Crippen molar-refractivity contribution in [1.29, 1.82) is 0 Å². The molecule has 0 aromatic carbocycles. The fourth-order valence-corrected chi connectivity index (χ4v) is 2.87. The van der Waals surface area contributed by atoms with Crippen LogP contribution in [0.15, 0.2) is 20.8 Å². The van der Waals surface area contributed by atoms with Gasteiger partial charge in [0.1, 0.15) is 5.84 Å². The van der Waals surface area contributed by atoms with E-state index in [4.69, 9.17) is 0 Å². The van der Waals surface area contributed by atoms with Gasteiger partial charge in [-0.1, -0.05) is 12.8 Å². The summed E-state index contributed by atoms with van der Waals surface area (Å²) in [4.78, 5) is 30.0. The zero-order valence-electron chi connectivity index (χ0n) is 11.4. The number of nitrogens with zero attached hydrogens (tertiary/aromatic N) is 2. The van der Waals surface area contributed by atoms with Gasteiger partial charge in [0, 0.05) is 17.8 Å². The van der Waals surface area contributed by atoms with Gasteiger partial charge < -0.3 is 5.32 Å². The number of fused-ring (bicyclic) bond motifs is 1. The molecule has 110 valence electrons. The second-order valence-electron chi connectivity index (χ2n) is 5.38. The second-order valence-corrected chi connectivity index (χ2v) is 5.38. The highest BCUT2D eigenvalue weighted by Crippen LogP contribution is 2.24. The van der Waals surface area contributed by atoms with E-state index in [1.807, 2.05) is 0 Å². The van der Waals surface area contributed by atoms with E-state index >= 15 is 0 Å². The van der Waals surface area contributed by atoms with Crippen molar-refractivity contribution >= 4 is 18.2 Å². The molecule has 0 radical (unpaired) electrons. The van der Waals surface area contributed by atoms with Crippen molar-refractivity contribution in [3.05, 3.63) is 32.6 Å². The molecule has 1 aliphatic carbocycles. The van der Waals surface area contributed by atoms with Gasteiger partial charge in [0.15, 0.2) is 0 Å². The number of halogens is 1. The number of H-pyrrole nitrogens is 1. The highest BCUT2D eigenvalue weighted by molar-refractivity contribution is 5.85. The lowest BCUT2D eigenvalue weighted by Gasteiger charge is -2.23. The number of nitrogens with one attached hydrogen (secondary N) is 2. The quantitative estimate of drug-likeness (QED) is 0.838. The van der Waals surface area contributed by atoms with Gasteiger partial charge in [0.2, 0.25) is 0 Å². The number of aromatic nitrogens is 2. The highest BCUT2D eigenvalue weighted by atomic mass is 35.5. The Balaban J connectivity index is 0.00000147. The molecule has 2 atom stereocenters. The van der Waals surface area contributed by atoms with E-state index in [-0.39, 0.29) is 23.7 Å². The number of amidine groups is 1. The molecular weight excluding hydrogens is 280 g/mol. The minimum absolute atomic E-state index is 0. The molecule has 6 nitrogen and oxygen atoms in total. The van der Waals surface area contributed by atoms with Crippen LogP contribution in [0, 0.1) is 6.92 Å². The summed E-state index contributed by atoms with van der Waals surface area (Å²) in [5, 5.41) is 3.40. The minimum Gasteiger partial charge on any atom is -0.367 e. The Hall–Kier alpha value is -1.56. The first kappa shape index (κ1) is 14.8. The molecule has 1 aromatic heterocycles. The van der Waals surface area contributed by atoms with E-state index < -0.39 is 0 Å². The number of aliphatic imine (C=N–C) groups is 1. The number of hydrogen-bond acceptors (Lipinski definition) is 4. The zero-order chi connectivity index (χ0) is 13.4. The number of rotatable bonds is 2. The van der Waals surface area contributed by atoms with E-state index in [1.54, 1.807) is 13.1 Å². The Kier molecular flexibility index (Phi) is 4.32. The first-order chi connectivity index (χ1) is 9.13. The van der Waals surface area contributed by atoms with Crippen LogP contribution in [0.1, 0.15) is 31.2 Å². The normalized spacial score (nSPS) is 24.4. The van der Waals surface area contributed by atoms with E-state index in [0.29, 0.717) is 24.2 Å². The van der Waals surface area contributed by atoms with Crippen LogP contribution in [-0.2, 0) is 6.54 Å². The lowest BCUT2D eigenvalue weighted by atomic mass is 9.92. The maximum Gasteiger partial charge on any atom is 0.328 e. The lowest BCUT2D eigenvalue weighted by molar-refractivity contribution is 0.384. The topological polar surface area (TPSA) is 79.2 Å². The van der Waals surface area contributed by atoms with Crippen molar-refractivity contribution in [1.82, 2.24) is 14.9 Å². The monoisotopic (exact) mass is 298 g/mol. The highest BCUT2D eigenvalue weighted by Gasteiger charge is 2.30. The molecular formula is C13H19ClN4O2. The van der Waals surface area contributed by atoms with Crippen molar-refractivity contribution in [3.63, 3.8) is 0 Å². The Morgan fingerprint density at radius 3 is 2.85 bits per heavy atom. The van der Waals surface area contributed by atoms with Crippen LogP contribution >= 0.6 is 12.4 Å². The number of aryl methyl sites for hydroxylation is 1. The van der Waals surface area contributed by atoms with Crippen LogP contribution in [-0.4, -0.2) is 27.5 Å². The molecule has 0 bridgehead atoms. The molecule has 20 heavy (non-hydrogen) atoms. The van der Waals surface area contributed by atoms with Crippen molar-refractivity contribution in [2.24, 2.45) is 4.99 Å². The molecule has 0 spiro atoms. The van der Waals surface area contributed by atoms with Crippen LogP contribution in [0.2, 0.25) is 0 Å². The molecule has 1 aliphatic heterocycles. The summed E-state index contributed by atoms with van der Waals surface area (Å²) in [6.45, 7) is 2.10. The maximum atomic E-state index is 11.7. The molecule has 7 heteroatoms. The summed E-state index contributed by atoms with van der Waals surface area (Å²) in [6, 6.07) is 0.798. The van der Waals surface area contributed by atoms with Gasteiger partial charge in [-0.3, -0.25) is 19.3 Å². The molecule has 2 heterocycles. The SMILES string of the molecule is Cc1cn(CC2=NC3CCCCC3N2)c(=O)[nH]c1=O.Cl. The molecule has 3 rings (SSSR count). The third-order valence-corrected chi connectivity index (χ3v) is 3.91. The van der Waals surface area contributed by atoms with E-state index in [2.05, 4.69) is 15.3 Å². The number of aromatic amines is 1. The molecule has 2 N–H and O–H groups in total. The Labute approximate surface area is 122 Å². The van der Waals surface area contributed by atoms with Crippen molar-refractivity contribution in [3.8, 4) is 0 Å². The van der Waals surface area contributed by atoms with Crippen molar-refractivity contribution in [2.75, 3.05) is 0 Å². The standard InChI is InChI=1S/C13H18N4O2.ClH/c1-8-6-17(13(19)16-12(8)18)7-11-14-9-4-2-3-5-10(9)15-11;/h6,9-10H,2-5,7H2,1H3,(H,14,15)(H,16,18,19);1H. The van der Waals surface area contributed by atoms with Crippen molar-refractivity contribution < 1.29 is 0 Å². The molecule has 1 fully saturated rings. The van der Waals surface area contributed by atoms with E-state index in [9.17, 15) is 9.59 Å². The van der Waals surface area contributed by atoms with Gasteiger partial charge in [0.25, 0.3) is 5.56 Å². The van der Waals surface area contributed by atoms with E-state index in [1.165, 1.54) is 17.4 Å². The third-order valence-electron chi connectivity index (χ3n) is 3.91. The van der Waals surface area contributed by atoms with Gasteiger partial charge in [-0.05, 0) is 19.8 Å². The second kappa shape index (κ2) is 5.83. The third kappa shape index (κ3) is 2.80. The molecule has 1 saturated carbocycles. The molecule has 0 amide bonds. The fraction of sp³-hybridized carbons (Fsp3) is 0.615. The maximum absolute atomic E-state index is 11.7. The summed E-state index contributed by atoms with van der Waals surface area (Å²) < 4.78 is 1.50. The van der Waals surface area contributed by atoms with Crippen LogP contribution in [0.4, 0.5) is 0 Å². The Morgan fingerprint density at radius 1 is 1.35 bits per heavy atom. The summed E-state index contributed by atoms with van der Waals surface area (Å²) in [6.07, 6.45) is 6.34. The van der Waals surface area contributed by atoms with E-state index in [0.717, 1.165) is 18.7 Å². The van der Waals surface area contributed by atoms with Gasteiger partial charge in [-0.15, -0.1) is 12.4 Å². The van der Waals surface area contributed by atoms with Gasteiger partial charge >= 0.3 is 5.69 Å². The minimum atomic E-state index is -0.380. The predicted molar refractivity (Wildman–Crippen MR) is 79.9 cm³/mol. The van der Waals surface area contributed by atoms with Crippen LogP contribution in [0.5, 0.6) is 0 Å². The zero-order valence-corrected chi connectivity index (χ0v) is 12.2. The van der Waals surface area contributed by atoms with Gasteiger partial charge in [0.05, 0.1) is 12.6 Å². The average Bonchev–Trinajstić information content (AvgIpc) is 2.78. The average molecular weight is 299 g/mol. The molecule has 0 saturated heterocycles. The number of hydrogen-bond donors (Lipinski definition) is 2. The Morgan fingerprint density at radius 2 is 2.10 bits per heavy atom. The van der Waals surface area contributed by atoms with Crippen LogP contribution in [0.25, 0.3) is 0 Å². The van der Waals surface area contributed by atoms with Crippen LogP contribution < -0.4 is 16.6 Å². The Bertz CT molecular complexity index is 634. The summed E-state index contributed by atoms with van der Waals surface area (Å²) in [5.41, 5.74) is -0.165. The predicted octanol–water partition coefficient (Wildman–Crippen LogP) is 0.580. The summed E-state index contributed by atoms with van der Waals surface area (Å²) in [5.74, 6) is 0.852. The molecule has 2 unspecified atom stereocenters. The summed E-state index contributed by atoms with van der Waals surface area (Å²) >= 11 is 0. The molecule has 2 aliphatic rings. The largest absolute Gasteiger partial charge is 0.367 e. The lowest BCUT2D eigenvalue weighted by Crippen LogP contribution is -2.40. The van der Waals surface area contributed by atoms with Crippen LogP contribution in [0.3, 0.4) is 0 Å².